The van der Waals surface area contributed by atoms with E-state index in [1.54, 1.807) is 24.1 Å². The maximum atomic E-state index is 12.4. The molecule has 0 aromatic carbocycles. The van der Waals surface area contributed by atoms with Gasteiger partial charge in [-0.25, -0.2) is 19.6 Å². The Bertz CT molecular complexity index is 992. The number of nitrogens with one attached hydrogen (secondary N) is 2. The summed E-state index contributed by atoms with van der Waals surface area (Å²) in [6.07, 6.45) is 8.53. The van der Waals surface area contributed by atoms with Crippen LogP contribution in [-0.2, 0) is 16.5 Å². The summed E-state index contributed by atoms with van der Waals surface area (Å²) < 4.78 is 11.7. The molecule has 2 atom stereocenters. The highest BCUT2D eigenvalue weighted by Crippen LogP contribution is 2.27. The molecule has 11 heteroatoms. The Kier molecular flexibility index (Phi) is 8.34. The number of aryl methyl sites for hydroxylation is 1. The molecule has 0 saturated heterocycles. The molecule has 0 spiro atoms. The first-order chi connectivity index (χ1) is 16.0. The second-order valence-corrected chi connectivity index (χ2v) is 7.94. The Morgan fingerprint density at radius 3 is 2.64 bits per heavy atom. The van der Waals surface area contributed by atoms with Crippen molar-refractivity contribution in [3.05, 3.63) is 23.7 Å². The van der Waals surface area contributed by atoms with Gasteiger partial charge in [-0.05, 0) is 19.3 Å². The number of hydrogen-bond acceptors (Lipinski definition) is 9. The first kappa shape index (κ1) is 24.1. The van der Waals surface area contributed by atoms with Gasteiger partial charge in [-0.15, -0.1) is 0 Å². The van der Waals surface area contributed by atoms with Crippen LogP contribution in [0.15, 0.2) is 12.4 Å². The van der Waals surface area contributed by atoms with Gasteiger partial charge in [0.05, 0.1) is 31.6 Å². The van der Waals surface area contributed by atoms with Crippen LogP contribution in [0.4, 0.5) is 10.7 Å². The van der Waals surface area contributed by atoms with Gasteiger partial charge in [-0.2, -0.15) is 5.10 Å². The number of aldehydes is 1. The standard InChI is InChI=1S/C22H30N6O5/c1-4-5-10-33-22(31)26-16-9-7-6-8-15(16)24-21-25-17(13-29)18(20(30)32-3)19(27-21)14-11-23-28(2)12-14/h11-13,15-16H,4-10H2,1-3H3,(H,26,31)(H,24,25,27)/t15-,16+/m1/s1. The predicted octanol–water partition coefficient (Wildman–Crippen LogP) is 2.73. The van der Waals surface area contributed by atoms with Crippen LogP contribution < -0.4 is 10.6 Å². The minimum absolute atomic E-state index is 0.0242. The van der Waals surface area contributed by atoms with Gasteiger partial charge in [0.15, 0.2) is 6.29 Å². The van der Waals surface area contributed by atoms with Crippen molar-refractivity contribution < 1.29 is 23.9 Å². The summed E-state index contributed by atoms with van der Waals surface area (Å²) in [5, 5.41) is 10.3. The second-order valence-electron chi connectivity index (χ2n) is 7.94. The number of alkyl carbamates (subject to hydrolysis) is 1. The van der Waals surface area contributed by atoms with Crippen molar-refractivity contribution in [2.75, 3.05) is 19.0 Å². The minimum atomic E-state index is -0.713. The number of esters is 1. The number of amides is 1. The molecule has 11 nitrogen and oxygen atoms in total. The van der Waals surface area contributed by atoms with Crippen LogP contribution in [0.1, 0.15) is 66.3 Å². The van der Waals surface area contributed by atoms with Gasteiger partial charge in [-0.3, -0.25) is 9.48 Å². The Morgan fingerprint density at radius 2 is 2.00 bits per heavy atom. The van der Waals surface area contributed by atoms with Crippen molar-refractivity contribution in [3.63, 3.8) is 0 Å². The number of nitrogens with zero attached hydrogens (tertiary/aromatic N) is 4. The predicted molar refractivity (Wildman–Crippen MR) is 120 cm³/mol. The summed E-state index contributed by atoms with van der Waals surface area (Å²) in [4.78, 5) is 45.2. The second kappa shape index (κ2) is 11.4. The van der Waals surface area contributed by atoms with Crippen LogP contribution in [0.2, 0.25) is 0 Å². The van der Waals surface area contributed by atoms with Crippen LogP contribution in [-0.4, -0.2) is 63.9 Å². The third-order valence-corrected chi connectivity index (χ3v) is 5.53. The van der Waals surface area contributed by atoms with Crippen LogP contribution in [0, 0.1) is 0 Å². The van der Waals surface area contributed by atoms with E-state index >= 15 is 0 Å². The highest BCUT2D eigenvalue weighted by atomic mass is 16.5. The van der Waals surface area contributed by atoms with E-state index in [-0.39, 0.29) is 35.0 Å². The first-order valence-electron chi connectivity index (χ1n) is 11.1. The van der Waals surface area contributed by atoms with Crippen LogP contribution >= 0.6 is 0 Å². The average Bonchev–Trinajstić information content (AvgIpc) is 3.25. The van der Waals surface area contributed by atoms with E-state index < -0.39 is 12.1 Å². The molecule has 2 N–H and O–H groups in total. The lowest BCUT2D eigenvalue weighted by molar-refractivity contribution is 0.0598. The van der Waals surface area contributed by atoms with Crippen LogP contribution in [0.3, 0.4) is 0 Å². The molecule has 2 aromatic rings. The first-order valence-corrected chi connectivity index (χ1v) is 11.1. The normalized spacial score (nSPS) is 17.8. The maximum absolute atomic E-state index is 12.4. The van der Waals surface area contributed by atoms with E-state index in [0.717, 1.165) is 38.5 Å². The molecule has 2 aromatic heterocycles. The van der Waals surface area contributed by atoms with Gasteiger partial charge < -0.3 is 20.1 Å². The fourth-order valence-electron chi connectivity index (χ4n) is 3.83. The summed E-state index contributed by atoms with van der Waals surface area (Å²) in [6, 6.07) is -0.346. The molecule has 1 aliphatic rings. The Morgan fingerprint density at radius 1 is 1.24 bits per heavy atom. The fourth-order valence-corrected chi connectivity index (χ4v) is 3.83. The van der Waals surface area contributed by atoms with E-state index in [1.165, 1.54) is 7.11 Å². The zero-order valence-electron chi connectivity index (χ0n) is 19.2. The molecule has 0 unspecified atom stereocenters. The number of methoxy groups -OCH3 is 1. The van der Waals surface area contributed by atoms with Gasteiger partial charge in [-0.1, -0.05) is 26.2 Å². The van der Waals surface area contributed by atoms with Crippen molar-refractivity contribution in [3.8, 4) is 11.3 Å². The SMILES string of the molecule is CCCCOC(=O)N[C@H]1CCCC[C@H]1Nc1nc(C=O)c(C(=O)OC)c(-c2cnn(C)c2)n1. The van der Waals surface area contributed by atoms with Crippen molar-refractivity contribution in [2.45, 2.75) is 57.5 Å². The number of ether oxygens (including phenoxy) is 2. The number of carbonyl (C=O) groups excluding carboxylic acids is 3. The van der Waals surface area contributed by atoms with E-state index in [0.29, 0.717) is 18.5 Å². The van der Waals surface area contributed by atoms with E-state index in [9.17, 15) is 14.4 Å². The highest BCUT2D eigenvalue weighted by molar-refractivity contribution is 6.02. The third-order valence-electron chi connectivity index (χ3n) is 5.53. The lowest BCUT2D eigenvalue weighted by Gasteiger charge is -2.32. The molecule has 1 amide bonds. The molecule has 33 heavy (non-hydrogen) atoms. The topological polar surface area (TPSA) is 137 Å². The van der Waals surface area contributed by atoms with Crippen molar-refractivity contribution >= 4 is 24.3 Å². The van der Waals surface area contributed by atoms with Gasteiger partial charge in [0, 0.05) is 24.8 Å². The Labute approximate surface area is 192 Å². The molecule has 3 rings (SSSR count). The van der Waals surface area contributed by atoms with Gasteiger partial charge in [0.1, 0.15) is 11.3 Å². The zero-order valence-corrected chi connectivity index (χ0v) is 19.2. The van der Waals surface area contributed by atoms with Crippen molar-refractivity contribution in [1.29, 1.82) is 0 Å². The summed E-state index contributed by atoms with van der Waals surface area (Å²) in [7, 11) is 2.97. The molecular formula is C22H30N6O5. The Hall–Kier alpha value is -3.50. The average molecular weight is 459 g/mol. The monoisotopic (exact) mass is 458 g/mol. The summed E-state index contributed by atoms with van der Waals surface area (Å²) in [5.74, 6) is -0.531. The Balaban J connectivity index is 1.87. The van der Waals surface area contributed by atoms with Crippen LogP contribution in [0.5, 0.6) is 0 Å². The quantitative estimate of drug-likeness (QED) is 0.330. The van der Waals surface area contributed by atoms with Gasteiger partial charge >= 0.3 is 12.1 Å². The summed E-state index contributed by atoms with van der Waals surface area (Å²) in [5.41, 5.74) is 0.680. The smallest absolute Gasteiger partial charge is 0.407 e. The van der Waals surface area contributed by atoms with E-state index in [1.807, 2.05) is 6.92 Å². The molecule has 1 saturated carbocycles. The molecule has 0 radical (unpaired) electrons. The van der Waals surface area contributed by atoms with E-state index in [4.69, 9.17) is 9.47 Å². The van der Waals surface area contributed by atoms with Crippen molar-refractivity contribution in [2.24, 2.45) is 7.05 Å². The summed E-state index contributed by atoms with van der Waals surface area (Å²) >= 11 is 0. The fraction of sp³-hybridized carbons (Fsp3) is 0.545. The largest absolute Gasteiger partial charge is 0.465 e. The molecule has 0 bridgehead atoms. The molecule has 2 heterocycles. The molecule has 1 aliphatic carbocycles. The number of carbonyl (C=O) groups is 3. The number of hydrogen-bond donors (Lipinski definition) is 2. The zero-order chi connectivity index (χ0) is 23.8. The number of rotatable bonds is 9. The molecule has 1 fully saturated rings. The summed E-state index contributed by atoms with van der Waals surface area (Å²) in [6.45, 7) is 2.41. The maximum Gasteiger partial charge on any atom is 0.407 e. The minimum Gasteiger partial charge on any atom is -0.465 e. The lowest BCUT2D eigenvalue weighted by atomic mass is 9.90. The highest BCUT2D eigenvalue weighted by Gasteiger charge is 2.29. The molecule has 178 valence electrons. The van der Waals surface area contributed by atoms with Crippen molar-refractivity contribution in [1.82, 2.24) is 25.1 Å². The molecule has 0 aliphatic heterocycles. The molecular weight excluding hydrogens is 428 g/mol. The van der Waals surface area contributed by atoms with E-state index in [2.05, 4.69) is 25.7 Å². The lowest BCUT2D eigenvalue weighted by Crippen LogP contribution is -2.49. The number of unbranched alkanes of at least 4 members (excludes halogenated alkanes) is 1. The van der Waals surface area contributed by atoms with Gasteiger partial charge in [0.25, 0.3) is 0 Å². The van der Waals surface area contributed by atoms with Gasteiger partial charge in [0.2, 0.25) is 5.95 Å². The van der Waals surface area contributed by atoms with Crippen LogP contribution in [0.25, 0.3) is 11.3 Å². The third kappa shape index (κ3) is 6.05. The number of anilines is 1. The number of aromatic nitrogens is 4.